The van der Waals surface area contributed by atoms with E-state index in [1.54, 1.807) is 4.90 Å². The average molecular weight is 397 g/mol. The second-order valence-corrected chi connectivity index (χ2v) is 11.6. The third-order valence-electron chi connectivity index (χ3n) is 5.36. The Kier molecular flexibility index (Phi) is 5.29. The molecule has 0 saturated carbocycles. The van der Waals surface area contributed by atoms with Crippen LogP contribution < -0.4 is 4.72 Å². The minimum Gasteiger partial charge on any atom is -0.598 e. The van der Waals surface area contributed by atoms with Gasteiger partial charge in [0.2, 0.25) is 0 Å². The number of carbonyl (C=O) groups is 1. The predicted octanol–water partition coefficient (Wildman–Crippen LogP) is 2.59. The Morgan fingerprint density at radius 3 is 2.48 bits per heavy atom. The summed E-state index contributed by atoms with van der Waals surface area (Å²) < 4.78 is 23.3. The van der Waals surface area contributed by atoms with Crippen LogP contribution in [0.2, 0.25) is 0 Å². The molecule has 1 spiro atoms. The van der Waals surface area contributed by atoms with Gasteiger partial charge in [0.25, 0.3) is 0 Å². The zero-order valence-electron chi connectivity index (χ0n) is 17.2. The molecule has 1 amide bonds. The van der Waals surface area contributed by atoms with Crippen molar-refractivity contribution >= 4 is 17.5 Å². The van der Waals surface area contributed by atoms with Crippen LogP contribution in [0.1, 0.15) is 60.1 Å². The summed E-state index contributed by atoms with van der Waals surface area (Å²) in [6.45, 7) is 13.5. The fourth-order valence-electron chi connectivity index (χ4n) is 3.90. The molecule has 3 rings (SSSR count). The first kappa shape index (κ1) is 20.5. The van der Waals surface area contributed by atoms with E-state index in [1.165, 1.54) is 5.69 Å². The van der Waals surface area contributed by atoms with Gasteiger partial charge >= 0.3 is 6.09 Å². The van der Waals surface area contributed by atoms with E-state index in [0.29, 0.717) is 19.6 Å². The van der Waals surface area contributed by atoms with Crippen molar-refractivity contribution in [2.45, 2.75) is 82.7 Å². The Bertz CT molecular complexity index is 684. The second kappa shape index (κ2) is 6.97. The maximum atomic E-state index is 12.7. The van der Waals surface area contributed by atoms with Gasteiger partial charge in [-0.05, 0) is 60.5 Å². The summed E-state index contributed by atoms with van der Waals surface area (Å²) in [5.41, 5.74) is 0.525. The molecule has 0 unspecified atom stereocenters. The van der Waals surface area contributed by atoms with Crippen LogP contribution in [0.4, 0.5) is 4.79 Å². The molecule has 3 heterocycles. The van der Waals surface area contributed by atoms with Crippen LogP contribution in [0.15, 0.2) is 12.3 Å². The first-order valence-electron chi connectivity index (χ1n) is 9.61. The monoisotopic (exact) mass is 396 g/mol. The largest absolute Gasteiger partial charge is 0.598 e. The molecular formula is C19H32N4O3S. The zero-order valence-corrected chi connectivity index (χ0v) is 18.1. The molecule has 2 aliphatic rings. The van der Waals surface area contributed by atoms with Gasteiger partial charge in [0.05, 0.1) is 12.6 Å². The molecule has 0 aromatic carbocycles. The number of rotatable bonds is 2. The highest BCUT2D eigenvalue weighted by atomic mass is 32.2. The number of amides is 1. The second-order valence-electron chi connectivity index (χ2n) is 9.57. The Labute approximate surface area is 165 Å². The van der Waals surface area contributed by atoms with Crippen molar-refractivity contribution < 1.29 is 14.1 Å². The van der Waals surface area contributed by atoms with Crippen molar-refractivity contribution in [1.29, 1.82) is 0 Å². The highest BCUT2D eigenvalue weighted by Gasteiger charge is 2.52. The van der Waals surface area contributed by atoms with Crippen LogP contribution in [0, 0.1) is 0 Å². The first-order valence-corrected chi connectivity index (χ1v) is 10.8. The van der Waals surface area contributed by atoms with Crippen LogP contribution in [-0.4, -0.2) is 54.8 Å². The van der Waals surface area contributed by atoms with Crippen molar-refractivity contribution in [3.63, 3.8) is 0 Å². The van der Waals surface area contributed by atoms with Crippen LogP contribution >= 0.6 is 0 Å². The summed E-state index contributed by atoms with van der Waals surface area (Å²) in [6, 6.07) is 2.10. The molecule has 1 fully saturated rings. The minimum atomic E-state index is -1.15. The summed E-state index contributed by atoms with van der Waals surface area (Å²) in [5.74, 6) is 0. The summed E-state index contributed by atoms with van der Waals surface area (Å²) in [4.78, 5) is 14.2. The molecule has 0 radical (unpaired) electrons. The quantitative estimate of drug-likeness (QED) is 0.777. The van der Waals surface area contributed by atoms with Crippen LogP contribution in [0.5, 0.6) is 0 Å². The molecule has 27 heavy (non-hydrogen) atoms. The number of nitrogens with one attached hydrogen (secondary N) is 1. The van der Waals surface area contributed by atoms with Gasteiger partial charge in [-0.25, -0.2) is 4.79 Å². The van der Waals surface area contributed by atoms with Crippen molar-refractivity contribution in [3.8, 4) is 0 Å². The van der Waals surface area contributed by atoms with E-state index in [1.807, 2.05) is 52.4 Å². The number of likely N-dealkylation sites (tertiary alicyclic amines) is 1. The number of fused-ring (bicyclic) bond motifs is 2. The van der Waals surface area contributed by atoms with Gasteiger partial charge in [-0.1, -0.05) is 0 Å². The number of piperidine rings is 1. The molecule has 1 aromatic rings. The summed E-state index contributed by atoms with van der Waals surface area (Å²) in [7, 11) is 0. The predicted molar refractivity (Wildman–Crippen MR) is 106 cm³/mol. The van der Waals surface area contributed by atoms with E-state index in [0.717, 1.165) is 12.8 Å². The van der Waals surface area contributed by atoms with Gasteiger partial charge in [0, 0.05) is 41.8 Å². The SMILES string of the molecule is CC(C)(C)OC(=O)N1CCC2(CC1)c1ccnn1C[C@H]2N[S@+]([O-])C(C)(C)C. The van der Waals surface area contributed by atoms with E-state index in [2.05, 4.69) is 15.9 Å². The molecule has 1 aromatic heterocycles. The summed E-state index contributed by atoms with van der Waals surface area (Å²) >= 11 is -1.15. The summed E-state index contributed by atoms with van der Waals surface area (Å²) in [5, 5.41) is 4.44. The van der Waals surface area contributed by atoms with Crippen LogP contribution in [0.25, 0.3) is 0 Å². The van der Waals surface area contributed by atoms with Gasteiger partial charge in [0.15, 0.2) is 0 Å². The molecule has 152 valence electrons. The molecule has 1 N–H and O–H groups in total. The Morgan fingerprint density at radius 1 is 1.30 bits per heavy atom. The molecule has 7 nitrogen and oxygen atoms in total. The smallest absolute Gasteiger partial charge is 0.410 e. The van der Waals surface area contributed by atoms with E-state index in [-0.39, 0.29) is 22.3 Å². The maximum Gasteiger partial charge on any atom is 0.410 e. The number of aromatic nitrogens is 2. The lowest BCUT2D eigenvalue weighted by molar-refractivity contribution is 0.0152. The highest BCUT2D eigenvalue weighted by Crippen LogP contribution is 2.44. The van der Waals surface area contributed by atoms with Gasteiger partial charge in [-0.2, -0.15) is 5.10 Å². The number of carbonyl (C=O) groups excluding carboxylic acids is 1. The van der Waals surface area contributed by atoms with Crippen molar-refractivity contribution in [1.82, 2.24) is 19.4 Å². The Morgan fingerprint density at radius 2 is 1.93 bits per heavy atom. The third-order valence-corrected chi connectivity index (χ3v) is 6.97. The lowest BCUT2D eigenvalue weighted by atomic mass is 9.72. The Balaban J connectivity index is 1.75. The van der Waals surface area contributed by atoms with Gasteiger partial charge < -0.3 is 14.2 Å². The van der Waals surface area contributed by atoms with Gasteiger partial charge in [-0.15, -0.1) is 4.72 Å². The lowest BCUT2D eigenvalue weighted by Gasteiger charge is -2.43. The van der Waals surface area contributed by atoms with Crippen molar-refractivity contribution in [2.75, 3.05) is 13.1 Å². The molecular weight excluding hydrogens is 364 g/mol. The van der Waals surface area contributed by atoms with Crippen molar-refractivity contribution in [3.05, 3.63) is 18.0 Å². The van der Waals surface area contributed by atoms with E-state index in [4.69, 9.17) is 4.74 Å². The number of nitrogens with zero attached hydrogens (tertiary/aromatic N) is 3. The normalized spacial score (nSPS) is 23.4. The van der Waals surface area contributed by atoms with Crippen LogP contribution in [-0.2, 0) is 28.1 Å². The topological polar surface area (TPSA) is 82.5 Å². The number of hydrogen-bond donors (Lipinski definition) is 1. The first-order chi connectivity index (χ1) is 12.4. The van der Waals surface area contributed by atoms with E-state index < -0.39 is 17.0 Å². The molecule has 2 aliphatic heterocycles. The zero-order chi connectivity index (χ0) is 20.0. The van der Waals surface area contributed by atoms with Gasteiger partial charge in [0.1, 0.15) is 10.3 Å². The number of ether oxygens (including phenoxy) is 1. The van der Waals surface area contributed by atoms with Crippen molar-refractivity contribution in [2.24, 2.45) is 0 Å². The van der Waals surface area contributed by atoms with E-state index in [9.17, 15) is 9.35 Å². The van der Waals surface area contributed by atoms with Gasteiger partial charge in [-0.3, -0.25) is 4.68 Å². The molecule has 2 atom stereocenters. The third kappa shape index (κ3) is 4.12. The molecule has 0 aliphatic carbocycles. The summed E-state index contributed by atoms with van der Waals surface area (Å²) in [6.07, 6.45) is 3.17. The fraction of sp³-hybridized carbons (Fsp3) is 0.789. The lowest BCUT2D eigenvalue weighted by Crippen LogP contribution is -2.56. The Hall–Kier alpha value is -1.25. The molecule has 8 heteroatoms. The number of hydrogen-bond acceptors (Lipinski definition) is 5. The maximum absolute atomic E-state index is 12.7. The van der Waals surface area contributed by atoms with E-state index >= 15 is 0 Å². The standard InChI is InChI=1S/C19H32N4O3S/c1-17(2,3)26-16(24)22-11-8-19(9-12-22)14(21-27(25)18(4,5)6)13-23-15(19)7-10-20-23/h7,10,14,21H,8-9,11-13H2,1-6H3/t14-,27-/m1/s1. The minimum absolute atomic E-state index is 0.0436. The fourth-order valence-corrected chi connectivity index (χ4v) is 4.81. The average Bonchev–Trinajstić information content (AvgIpc) is 3.09. The molecule has 1 saturated heterocycles. The van der Waals surface area contributed by atoms with Crippen LogP contribution in [0.3, 0.4) is 0 Å². The highest BCUT2D eigenvalue weighted by molar-refractivity contribution is 7.90. The molecule has 0 bridgehead atoms.